The second-order valence-electron chi connectivity index (χ2n) is 4.27. The normalized spacial score (nSPS) is 11.9. The Kier molecular flexibility index (Phi) is 5.32. The number of carbonyl (C=O) groups is 2. The molecular weight excluding hydrogens is 230 g/mol. The van der Waals surface area contributed by atoms with E-state index in [1.54, 1.807) is 6.92 Å². The molecule has 5 heteroatoms. The van der Waals surface area contributed by atoms with Crippen molar-refractivity contribution in [2.24, 2.45) is 5.73 Å². The molecule has 5 nitrogen and oxygen atoms in total. The van der Waals surface area contributed by atoms with Gasteiger partial charge >= 0.3 is 6.03 Å². The molecule has 0 aliphatic heterocycles. The van der Waals surface area contributed by atoms with Crippen LogP contribution in [-0.4, -0.2) is 24.5 Å². The first kappa shape index (κ1) is 14.2. The van der Waals surface area contributed by atoms with E-state index in [4.69, 9.17) is 5.73 Å². The van der Waals surface area contributed by atoms with Gasteiger partial charge in [-0.2, -0.15) is 0 Å². The summed E-state index contributed by atoms with van der Waals surface area (Å²) in [6, 6.07) is 6.93. The number of rotatable bonds is 5. The lowest BCUT2D eigenvalue weighted by atomic mass is 10.1. The molecule has 0 bridgehead atoms. The van der Waals surface area contributed by atoms with Crippen LogP contribution in [0, 0.1) is 6.92 Å². The zero-order chi connectivity index (χ0) is 13.5. The van der Waals surface area contributed by atoms with Crippen molar-refractivity contribution in [3.63, 3.8) is 0 Å². The van der Waals surface area contributed by atoms with Gasteiger partial charge in [0.2, 0.25) is 5.91 Å². The van der Waals surface area contributed by atoms with Gasteiger partial charge in [-0.1, -0.05) is 29.8 Å². The highest BCUT2D eigenvalue weighted by atomic mass is 16.2. The lowest BCUT2D eigenvalue weighted by Gasteiger charge is -2.12. The van der Waals surface area contributed by atoms with E-state index in [9.17, 15) is 9.59 Å². The molecule has 0 aliphatic rings. The summed E-state index contributed by atoms with van der Waals surface area (Å²) in [5.41, 5.74) is 7.30. The van der Waals surface area contributed by atoms with E-state index in [0.717, 1.165) is 6.42 Å². The number of nitrogens with one attached hydrogen (secondary N) is 2. The van der Waals surface area contributed by atoms with Crippen molar-refractivity contribution in [3.8, 4) is 0 Å². The van der Waals surface area contributed by atoms with E-state index >= 15 is 0 Å². The third-order valence-electron chi connectivity index (χ3n) is 2.59. The fourth-order valence-electron chi connectivity index (χ4n) is 1.62. The second-order valence-corrected chi connectivity index (χ2v) is 4.27. The number of hydrogen-bond acceptors (Lipinski definition) is 3. The highest BCUT2D eigenvalue weighted by Gasteiger charge is 2.12. The Hall–Kier alpha value is -1.88. The van der Waals surface area contributed by atoms with Crippen molar-refractivity contribution >= 4 is 11.9 Å². The van der Waals surface area contributed by atoms with Gasteiger partial charge in [-0.3, -0.25) is 10.1 Å². The first-order valence-electron chi connectivity index (χ1n) is 5.88. The highest BCUT2D eigenvalue weighted by Crippen LogP contribution is 2.03. The van der Waals surface area contributed by atoms with Crippen molar-refractivity contribution in [3.05, 3.63) is 35.4 Å². The van der Waals surface area contributed by atoms with E-state index in [0.29, 0.717) is 6.54 Å². The molecular formula is C13H19N3O2. The summed E-state index contributed by atoms with van der Waals surface area (Å²) in [5.74, 6) is -0.410. The molecule has 98 valence electrons. The monoisotopic (exact) mass is 249 g/mol. The van der Waals surface area contributed by atoms with Crippen LogP contribution in [0.3, 0.4) is 0 Å². The third kappa shape index (κ3) is 4.97. The van der Waals surface area contributed by atoms with Gasteiger partial charge in [0, 0.05) is 0 Å². The number of benzene rings is 1. The van der Waals surface area contributed by atoms with Crippen molar-refractivity contribution in [2.75, 3.05) is 6.54 Å². The molecule has 1 unspecified atom stereocenters. The number of amides is 3. The summed E-state index contributed by atoms with van der Waals surface area (Å²) in [6.45, 7) is 4.39. The zero-order valence-corrected chi connectivity index (χ0v) is 10.7. The van der Waals surface area contributed by atoms with E-state index in [1.807, 2.05) is 30.4 Å². The molecule has 18 heavy (non-hydrogen) atoms. The highest BCUT2D eigenvalue weighted by molar-refractivity contribution is 5.96. The van der Waals surface area contributed by atoms with Gasteiger partial charge in [0.1, 0.15) is 0 Å². The quantitative estimate of drug-likeness (QED) is 0.718. The summed E-state index contributed by atoms with van der Waals surface area (Å²) in [6.07, 6.45) is 0.829. The van der Waals surface area contributed by atoms with Crippen molar-refractivity contribution in [2.45, 2.75) is 26.3 Å². The van der Waals surface area contributed by atoms with E-state index in [-0.39, 0.29) is 0 Å². The largest absolute Gasteiger partial charge is 0.351 e. The van der Waals surface area contributed by atoms with Gasteiger partial charge in [-0.15, -0.1) is 0 Å². The Bertz CT molecular complexity index is 432. The van der Waals surface area contributed by atoms with Crippen LogP contribution in [0.4, 0.5) is 4.79 Å². The first-order valence-corrected chi connectivity index (χ1v) is 5.88. The number of hydrogen-bond donors (Lipinski definition) is 3. The molecule has 0 aromatic heterocycles. The number of imide groups is 1. The lowest BCUT2D eigenvalue weighted by Crippen LogP contribution is -2.46. The van der Waals surface area contributed by atoms with Gasteiger partial charge in [0.15, 0.2) is 0 Å². The number of nitrogens with two attached hydrogens (primary N) is 1. The Morgan fingerprint density at radius 3 is 2.72 bits per heavy atom. The third-order valence-corrected chi connectivity index (χ3v) is 2.59. The minimum atomic E-state index is -0.827. The Balaban J connectivity index is 2.33. The molecule has 1 rings (SSSR count). The maximum Gasteiger partial charge on any atom is 0.318 e. The van der Waals surface area contributed by atoms with Gasteiger partial charge < -0.3 is 11.1 Å². The van der Waals surface area contributed by atoms with E-state index < -0.39 is 18.0 Å². The van der Waals surface area contributed by atoms with Crippen LogP contribution in [0.25, 0.3) is 0 Å². The average molecular weight is 249 g/mol. The summed E-state index contributed by atoms with van der Waals surface area (Å²) in [4.78, 5) is 21.9. The Labute approximate surface area is 107 Å². The number of carbonyl (C=O) groups excluding carboxylic acids is 2. The van der Waals surface area contributed by atoms with Gasteiger partial charge in [-0.05, 0) is 32.4 Å². The smallest absolute Gasteiger partial charge is 0.318 e. The molecule has 0 radical (unpaired) electrons. The zero-order valence-electron chi connectivity index (χ0n) is 10.7. The van der Waals surface area contributed by atoms with Crippen LogP contribution in [-0.2, 0) is 11.2 Å². The molecule has 0 aliphatic carbocycles. The number of primary amides is 1. The molecule has 0 heterocycles. The number of urea groups is 1. The lowest BCUT2D eigenvalue weighted by molar-refractivity contribution is -0.121. The molecule has 0 saturated carbocycles. The summed E-state index contributed by atoms with van der Waals surface area (Å²) < 4.78 is 0. The van der Waals surface area contributed by atoms with Crippen molar-refractivity contribution in [1.82, 2.24) is 10.6 Å². The molecule has 4 N–H and O–H groups in total. The van der Waals surface area contributed by atoms with Crippen molar-refractivity contribution < 1.29 is 9.59 Å². The minimum Gasteiger partial charge on any atom is -0.351 e. The molecule has 0 spiro atoms. The van der Waals surface area contributed by atoms with Crippen LogP contribution >= 0.6 is 0 Å². The predicted molar refractivity (Wildman–Crippen MR) is 70.1 cm³/mol. The second kappa shape index (κ2) is 6.76. The van der Waals surface area contributed by atoms with Crippen LogP contribution in [0.15, 0.2) is 24.3 Å². The molecule has 1 aromatic carbocycles. The molecule has 0 saturated heterocycles. The summed E-state index contributed by atoms with van der Waals surface area (Å²) >= 11 is 0. The summed E-state index contributed by atoms with van der Waals surface area (Å²) in [7, 11) is 0. The fraction of sp³-hybridized carbons (Fsp3) is 0.385. The average Bonchev–Trinajstić information content (AvgIpc) is 2.28. The van der Waals surface area contributed by atoms with Gasteiger partial charge in [0.25, 0.3) is 0 Å². The Morgan fingerprint density at radius 1 is 1.39 bits per heavy atom. The molecule has 3 amide bonds. The maximum atomic E-state index is 11.4. The first-order chi connectivity index (χ1) is 8.49. The molecule has 1 aromatic rings. The minimum absolute atomic E-state index is 0.410. The van der Waals surface area contributed by atoms with Gasteiger partial charge in [0.05, 0.1) is 6.04 Å². The molecule has 0 fully saturated rings. The predicted octanol–water partition coefficient (Wildman–Crippen LogP) is 0.711. The van der Waals surface area contributed by atoms with Gasteiger partial charge in [-0.25, -0.2) is 4.79 Å². The van der Waals surface area contributed by atoms with Crippen molar-refractivity contribution in [1.29, 1.82) is 0 Å². The standard InChI is InChI=1S/C13H19N3O2/c1-9-4-3-5-11(8-9)6-7-15-10(2)12(17)16-13(14)18/h3-5,8,10,15H,6-7H2,1-2H3,(H3,14,16,17,18). The molecule has 1 atom stereocenters. The van der Waals surface area contributed by atoms with Crippen LogP contribution in [0.1, 0.15) is 18.1 Å². The van der Waals surface area contributed by atoms with E-state index in [1.165, 1.54) is 11.1 Å². The topological polar surface area (TPSA) is 84.2 Å². The maximum absolute atomic E-state index is 11.4. The van der Waals surface area contributed by atoms with E-state index in [2.05, 4.69) is 11.4 Å². The Morgan fingerprint density at radius 2 is 2.11 bits per heavy atom. The summed E-state index contributed by atoms with van der Waals surface area (Å²) in [5, 5.41) is 5.07. The van der Waals surface area contributed by atoms with Crippen LogP contribution < -0.4 is 16.4 Å². The van der Waals surface area contributed by atoms with Crippen LogP contribution in [0.5, 0.6) is 0 Å². The SMILES string of the molecule is Cc1cccc(CCNC(C)C(=O)NC(N)=O)c1. The number of aryl methyl sites for hydroxylation is 1. The fourth-order valence-corrected chi connectivity index (χ4v) is 1.62. The van der Waals surface area contributed by atoms with Crippen LogP contribution in [0.2, 0.25) is 0 Å².